The first-order valence-corrected chi connectivity index (χ1v) is 11.1. The molecule has 0 radical (unpaired) electrons. The molecule has 0 heterocycles. The molecule has 1 heteroatoms. The molecule has 3 unspecified atom stereocenters. The second kappa shape index (κ2) is 10.5. The van der Waals surface area contributed by atoms with Crippen molar-refractivity contribution < 1.29 is 4.74 Å². The van der Waals surface area contributed by atoms with E-state index in [0.29, 0.717) is 22.7 Å². The molecule has 0 saturated carbocycles. The zero-order valence-corrected chi connectivity index (χ0v) is 19.7. The van der Waals surface area contributed by atoms with Gasteiger partial charge in [-0.15, -0.1) is 0 Å². The maximum absolute atomic E-state index is 6.24. The fourth-order valence-electron chi connectivity index (χ4n) is 4.34. The lowest BCUT2D eigenvalue weighted by atomic mass is 9.76. The lowest BCUT2D eigenvalue weighted by Gasteiger charge is -2.31. The molecule has 0 fully saturated rings. The average Bonchev–Trinajstić information content (AvgIpc) is 2.52. The van der Waals surface area contributed by atoms with Crippen molar-refractivity contribution in [2.24, 2.45) is 28.6 Å². The smallest absolute Gasteiger partial charge is 0.119 e. The molecule has 0 amide bonds. The van der Waals surface area contributed by atoms with E-state index in [1.165, 1.54) is 31.2 Å². The third-order valence-electron chi connectivity index (χ3n) is 5.53. The monoisotopic (exact) mass is 374 g/mol. The number of hydrogen-bond donors (Lipinski definition) is 0. The van der Waals surface area contributed by atoms with Crippen molar-refractivity contribution >= 4 is 0 Å². The molecule has 156 valence electrons. The third-order valence-corrected chi connectivity index (χ3v) is 5.53. The van der Waals surface area contributed by atoms with Gasteiger partial charge in [-0.3, -0.25) is 0 Å². The van der Waals surface area contributed by atoms with Gasteiger partial charge >= 0.3 is 0 Å². The van der Waals surface area contributed by atoms with E-state index in [-0.39, 0.29) is 0 Å². The van der Waals surface area contributed by atoms with Gasteiger partial charge in [0.1, 0.15) is 5.75 Å². The summed E-state index contributed by atoms with van der Waals surface area (Å²) in [5.74, 6) is 3.10. The zero-order valence-electron chi connectivity index (χ0n) is 19.7. The van der Waals surface area contributed by atoms with E-state index in [2.05, 4.69) is 86.6 Å². The van der Waals surface area contributed by atoms with E-state index in [1.54, 1.807) is 0 Å². The summed E-state index contributed by atoms with van der Waals surface area (Å²) in [5.41, 5.74) is 2.16. The van der Waals surface area contributed by atoms with Crippen molar-refractivity contribution in [3.05, 3.63) is 29.8 Å². The van der Waals surface area contributed by atoms with Gasteiger partial charge in [-0.25, -0.2) is 0 Å². The number of rotatable bonds is 10. The van der Waals surface area contributed by atoms with E-state index < -0.39 is 0 Å². The van der Waals surface area contributed by atoms with Crippen LogP contribution < -0.4 is 4.74 Å². The highest BCUT2D eigenvalue weighted by atomic mass is 16.5. The van der Waals surface area contributed by atoms with Crippen molar-refractivity contribution in [2.45, 2.75) is 94.4 Å². The second-order valence-corrected chi connectivity index (χ2v) is 11.3. The van der Waals surface area contributed by atoms with Crippen LogP contribution >= 0.6 is 0 Å². The minimum Gasteiger partial charge on any atom is -0.493 e. The molecule has 27 heavy (non-hydrogen) atoms. The predicted octanol–water partition coefficient (Wildman–Crippen LogP) is 8.17. The van der Waals surface area contributed by atoms with E-state index >= 15 is 0 Å². The number of ether oxygens (including phenoxy) is 1. The van der Waals surface area contributed by atoms with Crippen LogP contribution in [0.5, 0.6) is 5.75 Å². The highest BCUT2D eigenvalue weighted by Crippen LogP contribution is 2.34. The molecule has 1 nitrogen and oxygen atoms in total. The molecule has 0 aliphatic carbocycles. The average molecular weight is 375 g/mol. The van der Waals surface area contributed by atoms with Crippen LogP contribution in [0.25, 0.3) is 0 Å². The Bertz CT molecular complexity index is 515. The summed E-state index contributed by atoms with van der Waals surface area (Å²) >= 11 is 0. The van der Waals surface area contributed by atoms with Crippen LogP contribution in [-0.2, 0) is 6.42 Å². The normalized spacial score (nSPS) is 16.0. The molecule has 0 aromatic heterocycles. The predicted molar refractivity (Wildman–Crippen MR) is 121 cm³/mol. The SMILES string of the molecule is CCc1ccc(OCC(CCC(C)CC(C)(C)C)C(C)CC(C)(C)C)cc1. The van der Waals surface area contributed by atoms with Gasteiger partial charge in [0.15, 0.2) is 0 Å². The Balaban J connectivity index is 2.68. The van der Waals surface area contributed by atoms with Crippen LogP contribution in [0.1, 0.15) is 93.6 Å². The molecule has 1 aromatic rings. The Hall–Kier alpha value is -0.980. The largest absolute Gasteiger partial charge is 0.493 e. The minimum atomic E-state index is 0.372. The molecular formula is C26H46O. The van der Waals surface area contributed by atoms with Gasteiger partial charge in [0.05, 0.1) is 6.61 Å². The quantitative estimate of drug-likeness (QED) is 0.401. The molecular weight excluding hydrogens is 328 g/mol. The van der Waals surface area contributed by atoms with Crippen LogP contribution in [0.2, 0.25) is 0 Å². The van der Waals surface area contributed by atoms with Crippen LogP contribution in [0, 0.1) is 28.6 Å². The first-order valence-electron chi connectivity index (χ1n) is 11.1. The van der Waals surface area contributed by atoms with Gasteiger partial charge in [0, 0.05) is 0 Å². The minimum absolute atomic E-state index is 0.372. The Labute approximate surface area is 170 Å². The van der Waals surface area contributed by atoms with Gasteiger partial charge in [-0.1, -0.05) is 80.9 Å². The fraction of sp³-hybridized carbons (Fsp3) is 0.769. The molecule has 0 spiro atoms. The van der Waals surface area contributed by atoms with Crippen molar-refractivity contribution in [1.82, 2.24) is 0 Å². The molecule has 3 atom stereocenters. The summed E-state index contributed by atoms with van der Waals surface area (Å²) in [6, 6.07) is 8.64. The highest BCUT2D eigenvalue weighted by molar-refractivity contribution is 5.27. The summed E-state index contributed by atoms with van der Waals surface area (Å²) in [4.78, 5) is 0. The number of hydrogen-bond acceptors (Lipinski definition) is 1. The first-order chi connectivity index (χ1) is 12.4. The Morgan fingerprint density at radius 3 is 1.85 bits per heavy atom. The van der Waals surface area contributed by atoms with Gasteiger partial charge in [-0.05, 0) is 72.0 Å². The van der Waals surface area contributed by atoms with Crippen LogP contribution in [-0.4, -0.2) is 6.61 Å². The summed E-state index contributed by atoms with van der Waals surface area (Å²) in [6.45, 7) is 22.0. The van der Waals surface area contributed by atoms with Gasteiger partial charge in [0.25, 0.3) is 0 Å². The lowest BCUT2D eigenvalue weighted by Crippen LogP contribution is -2.25. The standard InChI is InChI=1S/C26H46O/c1-10-22-12-15-24(16-13-22)27-19-23(21(3)18-26(7,8)9)14-11-20(2)17-25(4,5)6/h12-13,15-16,20-21,23H,10-11,14,17-19H2,1-9H3. The molecule has 1 aromatic carbocycles. The summed E-state index contributed by atoms with van der Waals surface area (Å²) < 4.78 is 6.24. The van der Waals surface area contributed by atoms with E-state index in [4.69, 9.17) is 4.74 Å². The first kappa shape index (κ1) is 24.1. The fourth-order valence-corrected chi connectivity index (χ4v) is 4.34. The maximum atomic E-state index is 6.24. The molecule has 0 aliphatic rings. The van der Waals surface area contributed by atoms with Crippen LogP contribution in [0.15, 0.2) is 24.3 Å². The topological polar surface area (TPSA) is 9.23 Å². The Morgan fingerprint density at radius 2 is 1.37 bits per heavy atom. The molecule has 0 N–H and O–H groups in total. The molecule has 0 aliphatic heterocycles. The molecule has 1 rings (SSSR count). The van der Waals surface area contributed by atoms with Crippen molar-refractivity contribution in [1.29, 1.82) is 0 Å². The van der Waals surface area contributed by atoms with Crippen LogP contribution in [0.4, 0.5) is 0 Å². The lowest BCUT2D eigenvalue weighted by molar-refractivity contribution is 0.147. The van der Waals surface area contributed by atoms with Crippen molar-refractivity contribution in [2.75, 3.05) is 6.61 Å². The van der Waals surface area contributed by atoms with E-state index in [1.807, 2.05) is 0 Å². The van der Waals surface area contributed by atoms with Gasteiger partial charge in [0.2, 0.25) is 0 Å². The zero-order chi connectivity index (χ0) is 20.7. The van der Waals surface area contributed by atoms with E-state index in [0.717, 1.165) is 24.7 Å². The van der Waals surface area contributed by atoms with Crippen molar-refractivity contribution in [3.8, 4) is 5.75 Å². The Kier molecular flexibility index (Phi) is 9.39. The van der Waals surface area contributed by atoms with Crippen LogP contribution in [0.3, 0.4) is 0 Å². The van der Waals surface area contributed by atoms with Crippen molar-refractivity contribution in [3.63, 3.8) is 0 Å². The molecule has 0 bridgehead atoms. The Morgan fingerprint density at radius 1 is 0.815 bits per heavy atom. The highest BCUT2D eigenvalue weighted by Gasteiger charge is 2.25. The third kappa shape index (κ3) is 10.8. The summed E-state index contributed by atoms with van der Waals surface area (Å²) in [5, 5.41) is 0. The number of aryl methyl sites for hydroxylation is 1. The maximum Gasteiger partial charge on any atom is 0.119 e. The summed E-state index contributed by atoms with van der Waals surface area (Å²) in [7, 11) is 0. The number of benzene rings is 1. The van der Waals surface area contributed by atoms with E-state index in [9.17, 15) is 0 Å². The summed E-state index contributed by atoms with van der Waals surface area (Å²) in [6.07, 6.45) is 6.20. The van der Waals surface area contributed by atoms with Gasteiger partial charge < -0.3 is 4.74 Å². The van der Waals surface area contributed by atoms with Gasteiger partial charge in [-0.2, -0.15) is 0 Å². The second-order valence-electron chi connectivity index (χ2n) is 11.3. The molecule has 0 saturated heterocycles.